The summed E-state index contributed by atoms with van der Waals surface area (Å²) in [5, 5.41) is 7.39. The van der Waals surface area contributed by atoms with Gasteiger partial charge in [-0.2, -0.15) is 5.10 Å². The Labute approximate surface area is 132 Å². The highest BCUT2D eigenvalue weighted by atomic mass is 79.9. The zero-order chi connectivity index (χ0) is 15.2. The van der Waals surface area contributed by atoms with Gasteiger partial charge in [-0.15, -0.1) is 0 Å². The second kappa shape index (κ2) is 7.36. The minimum absolute atomic E-state index is 0.106. The molecule has 2 aromatic rings. The van der Waals surface area contributed by atoms with Crippen LogP contribution in [0.5, 0.6) is 0 Å². The molecule has 0 radical (unpaired) electrons. The van der Waals surface area contributed by atoms with Crippen molar-refractivity contribution in [2.24, 2.45) is 0 Å². The zero-order valence-electron chi connectivity index (χ0n) is 12.3. The van der Waals surface area contributed by atoms with E-state index < -0.39 is 0 Å². The van der Waals surface area contributed by atoms with E-state index in [1.54, 1.807) is 6.20 Å². The van der Waals surface area contributed by atoms with E-state index in [2.05, 4.69) is 38.3 Å². The monoisotopic (exact) mass is 350 g/mol. The minimum atomic E-state index is -0.106. The van der Waals surface area contributed by atoms with Crippen LogP contribution in [0.2, 0.25) is 0 Å². The van der Waals surface area contributed by atoms with Crippen molar-refractivity contribution >= 4 is 21.6 Å². The van der Waals surface area contributed by atoms with Crippen molar-refractivity contribution in [2.75, 3.05) is 5.32 Å². The van der Waals surface area contributed by atoms with Crippen LogP contribution in [0.1, 0.15) is 31.2 Å². The lowest BCUT2D eigenvalue weighted by Gasteiger charge is -2.10. The summed E-state index contributed by atoms with van der Waals surface area (Å²) in [6.45, 7) is 5.24. The number of unbranched alkanes of at least 4 members (excludes halogenated alkanes) is 1. The van der Waals surface area contributed by atoms with E-state index in [-0.39, 0.29) is 5.56 Å². The second-order valence-electron chi connectivity index (χ2n) is 4.88. The number of aryl methyl sites for hydroxylation is 2. The Hall–Kier alpha value is -1.69. The maximum Gasteiger partial charge on any atom is 0.283 e. The molecule has 0 aliphatic carbocycles. The maximum atomic E-state index is 12.2. The van der Waals surface area contributed by atoms with E-state index in [4.69, 9.17) is 0 Å². The van der Waals surface area contributed by atoms with Gasteiger partial charge < -0.3 is 5.32 Å². The van der Waals surface area contributed by atoms with Crippen molar-refractivity contribution < 1.29 is 0 Å². The predicted octanol–water partition coefficient (Wildman–Crippen LogP) is 3.12. The van der Waals surface area contributed by atoms with Gasteiger partial charge in [-0.3, -0.25) is 9.78 Å². The van der Waals surface area contributed by atoms with Gasteiger partial charge in [-0.25, -0.2) is 4.68 Å². The third-order valence-electron chi connectivity index (χ3n) is 3.11. The number of anilines is 1. The number of hydrogen-bond donors (Lipinski definition) is 1. The van der Waals surface area contributed by atoms with Crippen molar-refractivity contribution in [1.29, 1.82) is 0 Å². The molecule has 1 N–H and O–H groups in total. The zero-order valence-corrected chi connectivity index (χ0v) is 13.9. The van der Waals surface area contributed by atoms with Gasteiger partial charge in [-0.05, 0) is 41.4 Å². The molecule has 0 fully saturated rings. The van der Waals surface area contributed by atoms with E-state index in [0.717, 1.165) is 24.2 Å². The molecule has 5 nitrogen and oxygen atoms in total. The Morgan fingerprint density at radius 1 is 1.38 bits per heavy atom. The van der Waals surface area contributed by atoms with Crippen LogP contribution < -0.4 is 10.9 Å². The first-order valence-electron chi connectivity index (χ1n) is 7.04. The van der Waals surface area contributed by atoms with Gasteiger partial charge in [-0.1, -0.05) is 19.4 Å². The molecule has 6 heteroatoms. The van der Waals surface area contributed by atoms with E-state index in [1.807, 2.05) is 25.1 Å². The molecule has 0 aliphatic heterocycles. The quantitative estimate of drug-likeness (QED) is 0.869. The SMILES string of the molecule is CCCCn1ncc(NCc2cccc(C)n2)c(Br)c1=O. The minimum Gasteiger partial charge on any atom is -0.377 e. The number of aromatic nitrogens is 3. The number of nitrogens with one attached hydrogen (secondary N) is 1. The van der Waals surface area contributed by atoms with Gasteiger partial charge in [0.2, 0.25) is 0 Å². The van der Waals surface area contributed by atoms with Gasteiger partial charge in [0.15, 0.2) is 0 Å². The molecule has 2 rings (SSSR count). The Morgan fingerprint density at radius 2 is 2.19 bits per heavy atom. The highest BCUT2D eigenvalue weighted by Crippen LogP contribution is 2.17. The van der Waals surface area contributed by atoms with Crippen LogP contribution in [0, 0.1) is 6.92 Å². The lowest BCUT2D eigenvalue weighted by atomic mass is 10.3. The standard InChI is InChI=1S/C15H19BrN4O/c1-3-4-8-20-15(21)14(16)13(10-18-20)17-9-12-7-5-6-11(2)19-12/h5-7,10,17H,3-4,8-9H2,1-2H3. The van der Waals surface area contributed by atoms with E-state index >= 15 is 0 Å². The molecule has 0 saturated heterocycles. The van der Waals surface area contributed by atoms with Crippen LogP contribution in [-0.2, 0) is 13.1 Å². The van der Waals surface area contributed by atoms with Crippen molar-refractivity contribution in [1.82, 2.24) is 14.8 Å². The number of halogens is 1. The summed E-state index contributed by atoms with van der Waals surface area (Å²) in [6.07, 6.45) is 3.65. The van der Waals surface area contributed by atoms with Crippen LogP contribution in [-0.4, -0.2) is 14.8 Å². The highest BCUT2D eigenvalue weighted by molar-refractivity contribution is 9.10. The summed E-state index contributed by atoms with van der Waals surface area (Å²) in [5.74, 6) is 0. The molecule has 0 bridgehead atoms. The Morgan fingerprint density at radius 3 is 2.90 bits per heavy atom. The molecule has 0 atom stereocenters. The van der Waals surface area contributed by atoms with Crippen molar-refractivity contribution in [3.05, 3.63) is 50.6 Å². The molecular formula is C15H19BrN4O. The lowest BCUT2D eigenvalue weighted by Crippen LogP contribution is -2.24. The van der Waals surface area contributed by atoms with E-state index in [9.17, 15) is 4.79 Å². The third kappa shape index (κ3) is 4.14. The molecule has 112 valence electrons. The second-order valence-corrected chi connectivity index (χ2v) is 5.67. The first-order chi connectivity index (χ1) is 10.1. The molecule has 2 aromatic heterocycles. The lowest BCUT2D eigenvalue weighted by molar-refractivity contribution is 0.541. The van der Waals surface area contributed by atoms with Crippen LogP contribution >= 0.6 is 15.9 Å². The topological polar surface area (TPSA) is 59.8 Å². The normalized spacial score (nSPS) is 10.6. The van der Waals surface area contributed by atoms with Gasteiger partial charge >= 0.3 is 0 Å². The van der Waals surface area contributed by atoms with Crippen LogP contribution in [0.15, 0.2) is 33.7 Å². The number of pyridine rings is 1. The molecule has 0 unspecified atom stereocenters. The summed E-state index contributed by atoms with van der Waals surface area (Å²) >= 11 is 3.35. The first kappa shape index (κ1) is 15.7. The molecular weight excluding hydrogens is 332 g/mol. The molecule has 0 aromatic carbocycles. The highest BCUT2D eigenvalue weighted by Gasteiger charge is 2.08. The third-order valence-corrected chi connectivity index (χ3v) is 3.88. The van der Waals surface area contributed by atoms with Crippen LogP contribution in [0.3, 0.4) is 0 Å². The number of nitrogens with zero attached hydrogens (tertiary/aromatic N) is 3. The summed E-state index contributed by atoms with van der Waals surface area (Å²) in [5.41, 5.74) is 2.49. The van der Waals surface area contributed by atoms with Gasteiger partial charge in [0, 0.05) is 12.2 Å². The van der Waals surface area contributed by atoms with E-state index in [1.165, 1.54) is 4.68 Å². The summed E-state index contributed by atoms with van der Waals surface area (Å²) < 4.78 is 2.00. The van der Waals surface area contributed by atoms with Crippen molar-refractivity contribution in [2.45, 2.75) is 39.8 Å². The van der Waals surface area contributed by atoms with E-state index in [0.29, 0.717) is 23.2 Å². The Balaban J connectivity index is 2.10. The van der Waals surface area contributed by atoms with Crippen molar-refractivity contribution in [3.8, 4) is 0 Å². The number of hydrogen-bond acceptors (Lipinski definition) is 4. The first-order valence-corrected chi connectivity index (χ1v) is 7.83. The molecule has 21 heavy (non-hydrogen) atoms. The predicted molar refractivity (Wildman–Crippen MR) is 87.4 cm³/mol. The maximum absolute atomic E-state index is 12.2. The molecule has 0 saturated carbocycles. The Bertz CT molecular complexity index is 669. The van der Waals surface area contributed by atoms with Crippen LogP contribution in [0.25, 0.3) is 0 Å². The van der Waals surface area contributed by atoms with Gasteiger partial charge in [0.05, 0.1) is 24.1 Å². The molecule has 2 heterocycles. The van der Waals surface area contributed by atoms with Gasteiger partial charge in [0.25, 0.3) is 5.56 Å². The van der Waals surface area contributed by atoms with Crippen LogP contribution in [0.4, 0.5) is 5.69 Å². The molecule has 0 amide bonds. The fraction of sp³-hybridized carbons (Fsp3) is 0.400. The summed E-state index contributed by atoms with van der Waals surface area (Å²) in [4.78, 5) is 16.6. The Kier molecular flexibility index (Phi) is 5.50. The number of rotatable bonds is 6. The molecule has 0 aliphatic rings. The largest absolute Gasteiger partial charge is 0.377 e. The fourth-order valence-electron chi connectivity index (χ4n) is 1.94. The van der Waals surface area contributed by atoms with Gasteiger partial charge in [0.1, 0.15) is 4.47 Å². The molecule has 0 spiro atoms. The van der Waals surface area contributed by atoms with Crippen molar-refractivity contribution in [3.63, 3.8) is 0 Å². The average Bonchev–Trinajstić information content (AvgIpc) is 2.48. The summed E-state index contributed by atoms with van der Waals surface area (Å²) in [7, 11) is 0. The fourth-order valence-corrected chi connectivity index (χ4v) is 2.39. The summed E-state index contributed by atoms with van der Waals surface area (Å²) in [6, 6.07) is 5.87. The average molecular weight is 351 g/mol. The smallest absolute Gasteiger partial charge is 0.283 e.